The quantitative estimate of drug-likeness (QED) is 0.262. The van der Waals surface area contributed by atoms with E-state index in [1.54, 1.807) is 12.1 Å². The van der Waals surface area contributed by atoms with Crippen molar-refractivity contribution in [3.05, 3.63) is 105 Å². The fourth-order valence-corrected chi connectivity index (χ4v) is 3.69. The summed E-state index contributed by atoms with van der Waals surface area (Å²) in [6, 6.07) is 22.3. The molecule has 7 heteroatoms. The summed E-state index contributed by atoms with van der Waals surface area (Å²) in [6.07, 6.45) is 0.169. The Morgan fingerprint density at radius 2 is 1.91 bits per heavy atom. The van der Waals surface area contributed by atoms with Crippen molar-refractivity contribution in [2.75, 3.05) is 13.2 Å². The molecule has 4 rings (SSSR count). The van der Waals surface area contributed by atoms with Crippen molar-refractivity contribution < 1.29 is 24.2 Å². The first-order valence-electron chi connectivity index (χ1n) is 10.6. The van der Waals surface area contributed by atoms with Crippen molar-refractivity contribution in [1.82, 2.24) is 0 Å². The molecule has 32 heavy (non-hydrogen) atoms. The van der Waals surface area contributed by atoms with E-state index in [0.29, 0.717) is 25.4 Å². The van der Waals surface area contributed by atoms with Crippen LogP contribution in [0.1, 0.15) is 35.3 Å². The third-order valence-electron chi connectivity index (χ3n) is 5.26. The van der Waals surface area contributed by atoms with Gasteiger partial charge in [0.15, 0.2) is 5.75 Å². The smallest absolute Gasteiger partial charge is 0.269 e. The first kappa shape index (κ1) is 22.0. The molecular weight excluding hydrogens is 410 g/mol. The number of hydrogen-bond donors (Lipinski definition) is 0. The molecule has 166 valence electrons. The maximum absolute atomic E-state index is 11.1. The van der Waals surface area contributed by atoms with Crippen LogP contribution in [0.3, 0.4) is 0 Å². The highest BCUT2D eigenvalue weighted by Gasteiger charge is 2.24. The van der Waals surface area contributed by atoms with Crippen LogP contribution in [0.25, 0.3) is 0 Å². The fourth-order valence-electron chi connectivity index (χ4n) is 3.69. The van der Waals surface area contributed by atoms with Crippen LogP contribution in [0.5, 0.6) is 5.75 Å². The molecule has 0 bridgehead atoms. The highest BCUT2D eigenvalue weighted by molar-refractivity contribution is 5.42. The Bertz CT molecular complexity index is 1060. The van der Waals surface area contributed by atoms with Gasteiger partial charge in [-0.05, 0) is 35.7 Å². The maximum Gasteiger partial charge on any atom is 0.269 e. The highest BCUT2D eigenvalue weighted by Crippen LogP contribution is 2.33. The SMILES string of the molecule is CCOCC1Cc2cc(C(OCc3cccc([N+](=O)[O-])c3)c3ccccc3)ccc2OO1. The van der Waals surface area contributed by atoms with Gasteiger partial charge in [0.25, 0.3) is 5.69 Å². The molecule has 1 heterocycles. The van der Waals surface area contributed by atoms with Crippen molar-refractivity contribution in [2.24, 2.45) is 0 Å². The summed E-state index contributed by atoms with van der Waals surface area (Å²) >= 11 is 0. The van der Waals surface area contributed by atoms with E-state index < -0.39 is 4.92 Å². The summed E-state index contributed by atoms with van der Waals surface area (Å²) in [6.45, 7) is 3.27. The maximum atomic E-state index is 11.1. The van der Waals surface area contributed by atoms with Crippen LogP contribution in [-0.4, -0.2) is 24.2 Å². The van der Waals surface area contributed by atoms with Gasteiger partial charge in [0, 0.05) is 30.7 Å². The first-order chi connectivity index (χ1) is 15.6. The molecule has 0 amide bonds. The lowest BCUT2D eigenvalue weighted by Crippen LogP contribution is -2.28. The van der Waals surface area contributed by atoms with Gasteiger partial charge in [-0.25, -0.2) is 0 Å². The Balaban J connectivity index is 1.58. The van der Waals surface area contributed by atoms with Crippen molar-refractivity contribution >= 4 is 5.69 Å². The minimum absolute atomic E-state index is 0.0497. The van der Waals surface area contributed by atoms with Gasteiger partial charge in [-0.1, -0.05) is 48.5 Å². The molecule has 7 nitrogen and oxygen atoms in total. The molecule has 0 fully saturated rings. The number of benzene rings is 3. The van der Waals surface area contributed by atoms with Crippen molar-refractivity contribution in [3.8, 4) is 5.75 Å². The fraction of sp³-hybridized carbons (Fsp3) is 0.280. The summed E-state index contributed by atoms with van der Waals surface area (Å²) in [5.74, 6) is 0.687. The second kappa shape index (κ2) is 10.4. The minimum Gasteiger partial charge on any atom is -0.379 e. The molecule has 1 aliphatic rings. The summed E-state index contributed by atoms with van der Waals surface area (Å²) in [7, 11) is 0. The van der Waals surface area contributed by atoms with Crippen LogP contribution >= 0.6 is 0 Å². The number of rotatable bonds is 9. The molecular formula is C25H25NO6. The third-order valence-corrected chi connectivity index (χ3v) is 5.26. The summed E-state index contributed by atoms with van der Waals surface area (Å²) in [5, 5.41) is 11.1. The molecule has 0 saturated carbocycles. The van der Waals surface area contributed by atoms with Crippen molar-refractivity contribution in [2.45, 2.75) is 32.2 Å². The molecule has 0 aliphatic carbocycles. The van der Waals surface area contributed by atoms with Crippen molar-refractivity contribution in [3.63, 3.8) is 0 Å². The van der Waals surface area contributed by atoms with Gasteiger partial charge in [0.1, 0.15) is 12.2 Å². The molecule has 0 radical (unpaired) electrons. The van der Waals surface area contributed by atoms with Crippen LogP contribution in [0.15, 0.2) is 72.8 Å². The van der Waals surface area contributed by atoms with Crippen LogP contribution in [0, 0.1) is 10.1 Å². The Kier molecular flexibility index (Phi) is 7.11. The van der Waals surface area contributed by atoms with E-state index in [4.69, 9.17) is 19.2 Å². The van der Waals surface area contributed by atoms with Crippen molar-refractivity contribution in [1.29, 1.82) is 0 Å². The standard InChI is InChI=1S/C25H25NO6/c1-2-29-17-23-15-21-14-20(11-12-24(21)32-31-23)25(19-8-4-3-5-9-19)30-16-18-7-6-10-22(13-18)26(27)28/h3-14,23,25H,2,15-17H2,1H3. The lowest BCUT2D eigenvalue weighted by atomic mass is 9.96. The largest absolute Gasteiger partial charge is 0.379 e. The van der Waals surface area contributed by atoms with Gasteiger partial charge in [0.2, 0.25) is 0 Å². The molecule has 0 aromatic heterocycles. The van der Waals surface area contributed by atoms with Crippen LogP contribution < -0.4 is 4.89 Å². The predicted molar refractivity (Wildman–Crippen MR) is 118 cm³/mol. The molecule has 0 spiro atoms. The van der Waals surface area contributed by atoms with E-state index in [0.717, 1.165) is 22.3 Å². The Labute approximate surface area is 186 Å². The summed E-state index contributed by atoms with van der Waals surface area (Å²) < 4.78 is 11.8. The molecule has 0 N–H and O–H groups in total. The van der Waals surface area contributed by atoms with Crippen LogP contribution in [0.4, 0.5) is 5.69 Å². The van der Waals surface area contributed by atoms with Gasteiger partial charge in [-0.3, -0.25) is 10.1 Å². The normalized spacial score (nSPS) is 16.1. The predicted octanol–water partition coefficient (Wildman–Crippen LogP) is 5.17. The number of non-ortho nitro benzene ring substituents is 1. The van der Waals surface area contributed by atoms with Gasteiger partial charge in [0.05, 0.1) is 18.1 Å². The number of fused-ring (bicyclic) bond motifs is 1. The third kappa shape index (κ3) is 5.31. The Morgan fingerprint density at radius 3 is 2.69 bits per heavy atom. The molecule has 0 saturated heterocycles. The molecule has 3 aromatic rings. The zero-order valence-electron chi connectivity index (χ0n) is 17.8. The lowest BCUT2D eigenvalue weighted by Gasteiger charge is -2.26. The topological polar surface area (TPSA) is 80.1 Å². The van der Waals surface area contributed by atoms with Crippen LogP contribution in [-0.2, 0) is 27.4 Å². The number of nitro groups is 1. The zero-order valence-corrected chi connectivity index (χ0v) is 17.8. The average Bonchev–Trinajstić information content (AvgIpc) is 2.83. The van der Waals surface area contributed by atoms with E-state index >= 15 is 0 Å². The van der Waals surface area contributed by atoms with Crippen LogP contribution in [0.2, 0.25) is 0 Å². The minimum atomic E-state index is -0.400. The van der Waals surface area contributed by atoms with E-state index in [1.165, 1.54) is 6.07 Å². The zero-order chi connectivity index (χ0) is 22.3. The Morgan fingerprint density at radius 1 is 1.06 bits per heavy atom. The second-order valence-corrected chi connectivity index (χ2v) is 7.56. The summed E-state index contributed by atoms with van der Waals surface area (Å²) in [4.78, 5) is 21.6. The number of nitro benzene ring substituents is 1. The van der Waals surface area contributed by atoms with E-state index in [2.05, 4.69) is 6.07 Å². The number of ether oxygens (including phenoxy) is 2. The van der Waals surface area contributed by atoms with Gasteiger partial charge >= 0.3 is 0 Å². The highest BCUT2D eigenvalue weighted by atomic mass is 17.2. The monoisotopic (exact) mass is 435 g/mol. The lowest BCUT2D eigenvalue weighted by molar-refractivity contribution is -0.385. The van der Waals surface area contributed by atoms with Gasteiger partial charge in [-0.2, -0.15) is 4.89 Å². The first-order valence-corrected chi connectivity index (χ1v) is 10.6. The second-order valence-electron chi connectivity index (χ2n) is 7.56. The molecule has 2 unspecified atom stereocenters. The number of hydrogen-bond acceptors (Lipinski definition) is 6. The van der Waals surface area contributed by atoms with E-state index in [1.807, 2.05) is 55.5 Å². The van der Waals surface area contributed by atoms with E-state index in [-0.39, 0.29) is 24.5 Å². The van der Waals surface area contributed by atoms with E-state index in [9.17, 15) is 10.1 Å². The molecule has 3 aromatic carbocycles. The average molecular weight is 435 g/mol. The van der Waals surface area contributed by atoms with Gasteiger partial charge < -0.3 is 14.4 Å². The van der Waals surface area contributed by atoms with Gasteiger partial charge in [-0.15, -0.1) is 0 Å². The number of nitrogens with zero attached hydrogens (tertiary/aromatic N) is 1. The summed E-state index contributed by atoms with van der Waals surface area (Å²) in [5.41, 5.74) is 3.79. The molecule has 1 aliphatic heterocycles. The molecule has 2 atom stereocenters. The Hall–Kier alpha value is -3.26.